The molecule has 1 aliphatic carbocycles. The van der Waals surface area contributed by atoms with E-state index in [4.69, 9.17) is 4.74 Å². The Morgan fingerprint density at radius 2 is 1.72 bits per heavy atom. The first-order chi connectivity index (χ1) is 21.8. The van der Waals surface area contributed by atoms with Crippen LogP contribution in [0.3, 0.4) is 0 Å². The highest BCUT2D eigenvalue weighted by Crippen LogP contribution is 2.46. The standard InChI is InChI=1S/C34H42N6O6/c1-19(2)29-33(45)36-22(5)30(42)37-27(32(44)35-17-34(12-13-34)18-40-21(4)14-20(3)39-40)15-23-6-8-24(9-7-23)46-25-10-11-28(41)26(16-25)31(43)38-29/h6-11,14,16,19,22,27,29,41H,12-13,15,17-18H2,1-5H3,(H,35,44)(H,36,45)(H,37,42)(H,38,43)/t22-,27-,29-/m0/s1. The van der Waals surface area contributed by atoms with E-state index in [2.05, 4.69) is 26.4 Å². The number of fused-ring (bicyclic) bond motifs is 11. The predicted molar refractivity (Wildman–Crippen MR) is 170 cm³/mol. The maximum atomic E-state index is 13.6. The monoisotopic (exact) mass is 630 g/mol. The normalized spacial score (nSPS) is 21.3. The molecule has 0 radical (unpaired) electrons. The van der Waals surface area contributed by atoms with Crippen molar-refractivity contribution in [2.45, 2.75) is 78.6 Å². The van der Waals surface area contributed by atoms with E-state index in [0.717, 1.165) is 29.8 Å². The third-order valence-corrected chi connectivity index (χ3v) is 8.62. The highest BCUT2D eigenvalue weighted by molar-refractivity contribution is 6.00. The summed E-state index contributed by atoms with van der Waals surface area (Å²) in [5, 5.41) is 26.2. The number of hydrogen-bond acceptors (Lipinski definition) is 7. The molecule has 3 aromatic rings. The molecule has 5 N–H and O–H groups in total. The number of aromatic hydroxyl groups is 1. The molecule has 1 saturated carbocycles. The molecule has 12 nitrogen and oxygen atoms in total. The van der Waals surface area contributed by atoms with Crippen molar-refractivity contribution in [1.82, 2.24) is 31.0 Å². The van der Waals surface area contributed by atoms with Gasteiger partial charge in [-0.3, -0.25) is 23.9 Å². The van der Waals surface area contributed by atoms with Crippen LogP contribution in [0.15, 0.2) is 48.5 Å². The summed E-state index contributed by atoms with van der Waals surface area (Å²) in [5.74, 6) is -1.94. The Morgan fingerprint density at radius 3 is 2.35 bits per heavy atom. The Hall–Kier alpha value is -4.87. The van der Waals surface area contributed by atoms with E-state index in [9.17, 15) is 24.3 Å². The van der Waals surface area contributed by atoms with E-state index in [-0.39, 0.29) is 35.0 Å². The zero-order chi connectivity index (χ0) is 33.2. The number of nitrogens with one attached hydrogen (secondary N) is 4. The van der Waals surface area contributed by atoms with Crippen molar-refractivity contribution in [1.29, 1.82) is 0 Å². The van der Waals surface area contributed by atoms with Crippen molar-refractivity contribution in [2.75, 3.05) is 6.54 Å². The first-order valence-corrected chi connectivity index (χ1v) is 15.6. The number of ether oxygens (including phenoxy) is 1. The summed E-state index contributed by atoms with van der Waals surface area (Å²) < 4.78 is 7.92. The molecule has 3 heterocycles. The molecule has 0 saturated heterocycles. The Morgan fingerprint density at radius 1 is 1.02 bits per heavy atom. The lowest BCUT2D eigenvalue weighted by Crippen LogP contribution is -2.57. The van der Waals surface area contributed by atoms with Gasteiger partial charge in [-0.05, 0) is 81.5 Å². The number of aromatic nitrogens is 2. The minimum atomic E-state index is -1.01. The Balaban J connectivity index is 1.38. The Labute approximate surface area is 268 Å². The maximum absolute atomic E-state index is 13.6. The minimum absolute atomic E-state index is 0.0591. The van der Waals surface area contributed by atoms with Crippen LogP contribution >= 0.6 is 0 Å². The molecule has 46 heavy (non-hydrogen) atoms. The smallest absolute Gasteiger partial charge is 0.255 e. The van der Waals surface area contributed by atoms with Gasteiger partial charge in [0.05, 0.1) is 11.3 Å². The fraction of sp³-hybridized carbons (Fsp3) is 0.441. The molecule has 0 unspecified atom stereocenters. The van der Waals surface area contributed by atoms with Crippen LogP contribution in [-0.2, 0) is 27.3 Å². The average molecular weight is 631 g/mol. The van der Waals surface area contributed by atoms with Crippen LogP contribution in [0.5, 0.6) is 17.2 Å². The van der Waals surface area contributed by atoms with Crippen LogP contribution in [0.1, 0.15) is 60.9 Å². The number of nitrogens with zero attached hydrogens (tertiary/aromatic N) is 2. The first-order valence-electron chi connectivity index (χ1n) is 15.6. The fourth-order valence-corrected chi connectivity index (χ4v) is 5.57. The van der Waals surface area contributed by atoms with E-state index in [1.807, 2.05) is 24.6 Å². The molecule has 1 aromatic heterocycles. The summed E-state index contributed by atoms with van der Waals surface area (Å²) in [6.45, 7) is 10.1. The van der Waals surface area contributed by atoms with Gasteiger partial charge in [-0.1, -0.05) is 26.0 Å². The Kier molecular flexibility index (Phi) is 9.36. The molecule has 12 heteroatoms. The lowest BCUT2D eigenvalue weighted by Gasteiger charge is -2.26. The largest absolute Gasteiger partial charge is 0.507 e. The zero-order valence-corrected chi connectivity index (χ0v) is 26.8. The maximum Gasteiger partial charge on any atom is 0.255 e. The van der Waals surface area contributed by atoms with Gasteiger partial charge in [0.2, 0.25) is 17.7 Å². The number of carbonyl (C=O) groups excluding carboxylic acids is 4. The van der Waals surface area contributed by atoms with Crippen molar-refractivity contribution in [3.05, 3.63) is 71.0 Å². The average Bonchev–Trinajstić information content (AvgIpc) is 3.70. The van der Waals surface area contributed by atoms with Gasteiger partial charge in [-0.25, -0.2) is 0 Å². The van der Waals surface area contributed by atoms with E-state index in [0.29, 0.717) is 24.6 Å². The van der Waals surface area contributed by atoms with Crippen LogP contribution in [0.4, 0.5) is 0 Å². The molecule has 4 amide bonds. The minimum Gasteiger partial charge on any atom is -0.507 e. The summed E-state index contributed by atoms with van der Waals surface area (Å²) in [7, 11) is 0. The Bertz CT molecular complexity index is 1630. The topological polar surface area (TPSA) is 164 Å². The van der Waals surface area contributed by atoms with Gasteiger partial charge in [0.1, 0.15) is 35.4 Å². The molecule has 2 aromatic carbocycles. The van der Waals surface area contributed by atoms with Gasteiger partial charge >= 0.3 is 0 Å². The van der Waals surface area contributed by atoms with Gasteiger partial charge in [0, 0.05) is 30.6 Å². The number of rotatable bonds is 6. The molecule has 1 fully saturated rings. The highest BCUT2D eigenvalue weighted by atomic mass is 16.5. The van der Waals surface area contributed by atoms with Gasteiger partial charge in [0.25, 0.3) is 5.91 Å². The van der Waals surface area contributed by atoms with Crippen LogP contribution < -0.4 is 26.0 Å². The van der Waals surface area contributed by atoms with Crippen molar-refractivity contribution in [2.24, 2.45) is 11.3 Å². The number of amides is 4. The predicted octanol–water partition coefficient (Wildman–Crippen LogP) is 2.89. The van der Waals surface area contributed by atoms with Crippen LogP contribution in [0.2, 0.25) is 0 Å². The number of carbonyl (C=O) groups is 4. The second-order valence-corrected chi connectivity index (χ2v) is 12.9. The van der Waals surface area contributed by atoms with E-state index < -0.39 is 35.8 Å². The summed E-state index contributed by atoms with van der Waals surface area (Å²) in [4.78, 5) is 53.4. The van der Waals surface area contributed by atoms with E-state index in [1.165, 1.54) is 25.1 Å². The lowest BCUT2D eigenvalue weighted by molar-refractivity contribution is -0.132. The third kappa shape index (κ3) is 7.67. The SMILES string of the molecule is Cc1cc(C)n(CC2(CNC(=O)[C@@H]3Cc4ccc(cc4)Oc4ccc(O)c(c4)C(=O)N[C@@H](C(C)C)C(=O)N[C@@H](C)C(=O)N3)CC2)n1. The number of phenols is 1. The zero-order valence-electron chi connectivity index (χ0n) is 26.8. The molecule has 6 rings (SSSR count). The van der Waals surface area contributed by atoms with E-state index >= 15 is 0 Å². The van der Waals surface area contributed by atoms with Crippen LogP contribution in [0, 0.1) is 25.2 Å². The van der Waals surface area contributed by atoms with Crippen molar-refractivity contribution >= 4 is 23.6 Å². The number of benzene rings is 2. The summed E-state index contributed by atoms with van der Waals surface area (Å²) >= 11 is 0. The molecule has 3 atom stereocenters. The van der Waals surface area contributed by atoms with Gasteiger partial charge in [0.15, 0.2) is 0 Å². The first kappa shape index (κ1) is 32.5. The van der Waals surface area contributed by atoms with Crippen LogP contribution in [0.25, 0.3) is 0 Å². The summed E-state index contributed by atoms with van der Waals surface area (Å²) in [6, 6.07) is 10.4. The highest BCUT2D eigenvalue weighted by Gasteiger charge is 2.44. The third-order valence-electron chi connectivity index (χ3n) is 8.62. The van der Waals surface area contributed by atoms with E-state index in [1.54, 1.807) is 38.1 Å². The molecule has 4 bridgehead atoms. The summed E-state index contributed by atoms with van der Waals surface area (Å²) in [6.07, 6.45) is 2.13. The second kappa shape index (κ2) is 13.2. The van der Waals surface area contributed by atoms with Crippen molar-refractivity contribution < 1.29 is 29.0 Å². The second-order valence-electron chi connectivity index (χ2n) is 12.9. The fourth-order valence-electron chi connectivity index (χ4n) is 5.57. The van der Waals surface area contributed by atoms with Crippen molar-refractivity contribution in [3.8, 4) is 17.2 Å². The molecule has 244 valence electrons. The molecule has 2 aliphatic heterocycles. The molecule has 0 spiro atoms. The number of phenolic OH excluding ortho intramolecular Hbond substituents is 1. The lowest BCUT2D eigenvalue weighted by atomic mass is 10.0. The van der Waals surface area contributed by atoms with Gasteiger partial charge in [-0.15, -0.1) is 0 Å². The van der Waals surface area contributed by atoms with Crippen molar-refractivity contribution in [3.63, 3.8) is 0 Å². The van der Waals surface area contributed by atoms with Crippen LogP contribution in [-0.4, -0.2) is 63.2 Å². The summed E-state index contributed by atoms with van der Waals surface area (Å²) in [5.41, 5.74) is 2.64. The van der Waals surface area contributed by atoms with Gasteiger partial charge in [-0.2, -0.15) is 5.10 Å². The molecule has 3 aliphatic rings. The quantitative estimate of drug-likeness (QED) is 0.262. The molecular formula is C34H42N6O6. The number of aryl methyl sites for hydroxylation is 2. The van der Waals surface area contributed by atoms with Gasteiger partial charge < -0.3 is 31.1 Å². The molecular weight excluding hydrogens is 588 g/mol. The number of hydrogen-bond donors (Lipinski definition) is 5.